The Labute approximate surface area is 79.6 Å². The molecule has 0 radical (unpaired) electrons. The first kappa shape index (κ1) is 17.5. The molecule has 74 valence electrons. The third-order valence-corrected chi connectivity index (χ3v) is 0.365. The molecular weight excluding hydrogens is 178 g/mol. The summed E-state index contributed by atoms with van der Waals surface area (Å²) in [5.41, 5.74) is 0.176. The summed E-state index contributed by atoms with van der Waals surface area (Å²) in [4.78, 5) is 11.6. The number of rotatable bonds is 1. The fourth-order valence-corrected chi connectivity index (χ4v) is 0. The number of carboxylic acids is 1. The maximum Gasteiger partial charge on any atom is 0.330 e. The molecule has 0 aliphatic rings. The van der Waals surface area contributed by atoms with Crippen LogP contribution in [0.4, 0.5) is 0 Å². The number of carbonyl (C=O) groups is 1. The van der Waals surface area contributed by atoms with Crippen LogP contribution in [-0.2, 0) is 4.79 Å². The van der Waals surface area contributed by atoms with Crippen LogP contribution in [0, 0.1) is 0 Å². The minimum Gasteiger partial charge on any atom is -0.478 e. The lowest BCUT2D eigenvalue weighted by Gasteiger charge is -1.90. The molecule has 0 aromatic heterocycles. The molecule has 0 saturated carbocycles. The highest BCUT2D eigenvalue weighted by Crippen LogP contribution is 1.81. The van der Waals surface area contributed by atoms with Crippen LogP contribution in [0.5, 0.6) is 0 Å². The van der Waals surface area contributed by atoms with Gasteiger partial charge in [0.1, 0.15) is 0 Å². The van der Waals surface area contributed by atoms with Gasteiger partial charge >= 0.3 is 5.97 Å². The van der Waals surface area contributed by atoms with Gasteiger partial charge in [-0.25, -0.2) is 4.79 Å². The summed E-state index contributed by atoms with van der Waals surface area (Å²) < 4.78 is 0. The highest BCUT2D eigenvalue weighted by Gasteiger charge is 1.90. The minimum atomic E-state index is -0.935. The molecule has 0 aliphatic heterocycles. The lowest BCUT2D eigenvalue weighted by atomic mass is 10.4. The molecule has 0 saturated heterocycles. The van der Waals surface area contributed by atoms with Gasteiger partial charge in [-0.2, -0.15) is 0 Å². The van der Waals surface area contributed by atoms with E-state index in [1.54, 1.807) is 0 Å². The number of alkyl halides is 1. The lowest BCUT2D eigenvalue weighted by molar-refractivity contribution is -0.132. The van der Waals surface area contributed by atoms with E-state index in [1.165, 1.54) is 13.3 Å². The van der Waals surface area contributed by atoms with Gasteiger partial charge < -0.3 is 10.0 Å². The molecule has 3 nitrogen and oxygen atoms in total. The molecule has 0 fully saturated rings. The standard InChI is InChI=1S/C4H6O2.C3H9N.CH3Cl/c1-3(2)4(5)6;1-4(2)3;1-2/h1H2,2H3,(H,5,6);1-3H3;1H3. The zero-order valence-electron chi connectivity index (χ0n) is 8.39. The van der Waals surface area contributed by atoms with Gasteiger partial charge in [-0.3, -0.25) is 0 Å². The highest BCUT2D eigenvalue weighted by atomic mass is 35.5. The Kier molecular flexibility index (Phi) is 19.1. The van der Waals surface area contributed by atoms with Crippen LogP contribution in [0.3, 0.4) is 0 Å². The van der Waals surface area contributed by atoms with Crippen molar-refractivity contribution in [1.29, 1.82) is 0 Å². The molecule has 4 heteroatoms. The highest BCUT2D eigenvalue weighted by molar-refractivity contribution is 6.15. The molecule has 0 bridgehead atoms. The van der Waals surface area contributed by atoms with Crippen molar-refractivity contribution >= 4 is 17.6 Å². The van der Waals surface area contributed by atoms with E-state index in [1.807, 2.05) is 26.0 Å². The minimum absolute atomic E-state index is 0.176. The van der Waals surface area contributed by atoms with Gasteiger partial charge in [0.15, 0.2) is 0 Å². The van der Waals surface area contributed by atoms with Gasteiger partial charge in [-0.1, -0.05) is 6.58 Å². The average Bonchev–Trinajstić information content (AvgIpc) is 1.90. The normalized spacial score (nSPS) is 7.25. The molecule has 0 rings (SSSR count). The maximum absolute atomic E-state index is 9.60. The zero-order valence-corrected chi connectivity index (χ0v) is 9.14. The number of halogens is 1. The largest absolute Gasteiger partial charge is 0.478 e. The fraction of sp³-hybridized carbons (Fsp3) is 0.625. The van der Waals surface area contributed by atoms with Crippen LogP contribution in [0.1, 0.15) is 6.92 Å². The van der Waals surface area contributed by atoms with Crippen molar-refractivity contribution in [3.8, 4) is 0 Å². The molecule has 0 aromatic carbocycles. The Morgan fingerprint density at radius 3 is 1.42 bits per heavy atom. The van der Waals surface area contributed by atoms with Gasteiger partial charge in [0.05, 0.1) is 0 Å². The van der Waals surface area contributed by atoms with E-state index in [9.17, 15) is 4.79 Å². The van der Waals surface area contributed by atoms with Crippen molar-refractivity contribution in [3.05, 3.63) is 12.2 Å². The van der Waals surface area contributed by atoms with E-state index in [2.05, 4.69) is 18.2 Å². The van der Waals surface area contributed by atoms with Gasteiger partial charge in [0, 0.05) is 12.0 Å². The summed E-state index contributed by atoms with van der Waals surface area (Å²) in [7, 11) is 6.00. The number of hydrogen-bond donors (Lipinski definition) is 1. The second-order valence-electron chi connectivity index (χ2n) is 2.43. The first-order valence-corrected chi connectivity index (χ1v) is 4.01. The van der Waals surface area contributed by atoms with E-state index >= 15 is 0 Å². The summed E-state index contributed by atoms with van der Waals surface area (Å²) in [6, 6.07) is 0. The summed E-state index contributed by atoms with van der Waals surface area (Å²) in [6.07, 6.45) is 1.47. The average molecular weight is 196 g/mol. The SMILES string of the molecule is C=C(C)C(=O)O.CCl.CN(C)C. The first-order chi connectivity index (χ1) is 5.37. The van der Waals surface area contributed by atoms with Crippen molar-refractivity contribution in [1.82, 2.24) is 4.90 Å². The molecule has 0 heterocycles. The van der Waals surface area contributed by atoms with Crippen molar-refractivity contribution < 1.29 is 9.90 Å². The Balaban J connectivity index is -0.000000118. The van der Waals surface area contributed by atoms with E-state index in [4.69, 9.17) is 5.11 Å². The van der Waals surface area contributed by atoms with Gasteiger partial charge in [0.25, 0.3) is 0 Å². The Bertz CT molecular complexity index is 109. The topological polar surface area (TPSA) is 40.5 Å². The van der Waals surface area contributed by atoms with Crippen LogP contribution in [0.15, 0.2) is 12.2 Å². The maximum atomic E-state index is 9.60. The number of aliphatic carboxylic acids is 1. The second kappa shape index (κ2) is 13.1. The van der Waals surface area contributed by atoms with Crippen LogP contribution in [0.25, 0.3) is 0 Å². The molecule has 12 heavy (non-hydrogen) atoms. The predicted octanol–water partition coefficient (Wildman–Crippen LogP) is 1.68. The Morgan fingerprint density at radius 1 is 1.33 bits per heavy atom. The van der Waals surface area contributed by atoms with Gasteiger partial charge in [-0.05, 0) is 28.1 Å². The lowest BCUT2D eigenvalue weighted by Crippen LogP contribution is -1.99. The quantitative estimate of drug-likeness (QED) is 0.511. The van der Waals surface area contributed by atoms with Crippen molar-refractivity contribution in [2.24, 2.45) is 0 Å². The van der Waals surface area contributed by atoms with Crippen LogP contribution >= 0.6 is 11.6 Å². The monoisotopic (exact) mass is 195 g/mol. The first-order valence-electron chi connectivity index (χ1n) is 3.25. The van der Waals surface area contributed by atoms with Crippen LogP contribution < -0.4 is 0 Å². The molecule has 1 N–H and O–H groups in total. The van der Waals surface area contributed by atoms with E-state index in [-0.39, 0.29) is 5.57 Å². The predicted molar refractivity (Wildman–Crippen MR) is 53.8 cm³/mol. The third kappa shape index (κ3) is 56.6. The summed E-state index contributed by atoms with van der Waals surface area (Å²) in [5, 5.41) is 7.89. The second-order valence-corrected chi connectivity index (χ2v) is 2.43. The molecule has 0 aliphatic carbocycles. The van der Waals surface area contributed by atoms with Crippen molar-refractivity contribution in [2.45, 2.75) is 6.92 Å². The van der Waals surface area contributed by atoms with Gasteiger partial charge in [0.2, 0.25) is 0 Å². The molecular formula is C8H18ClNO2. The van der Waals surface area contributed by atoms with Crippen LogP contribution in [-0.4, -0.2) is 43.5 Å². The molecule has 0 atom stereocenters. The molecule has 0 spiro atoms. The van der Waals surface area contributed by atoms with Crippen molar-refractivity contribution in [3.63, 3.8) is 0 Å². The smallest absolute Gasteiger partial charge is 0.330 e. The Morgan fingerprint density at radius 2 is 1.42 bits per heavy atom. The van der Waals surface area contributed by atoms with Gasteiger partial charge in [-0.15, -0.1) is 11.6 Å². The molecule has 0 unspecified atom stereocenters. The van der Waals surface area contributed by atoms with Crippen LogP contribution in [0.2, 0.25) is 0 Å². The van der Waals surface area contributed by atoms with E-state index < -0.39 is 5.97 Å². The van der Waals surface area contributed by atoms with E-state index in [0.717, 1.165) is 0 Å². The Hall–Kier alpha value is -0.540. The number of hydrogen-bond acceptors (Lipinski definition) is 2. The summed E-state index contributed by atoms with van der Waals surface area (Å²) in [6.45, 7) is 4.60. The van der Waals surface area contributed by atoms with Crippen molar-refractivity contribution in [2.75, 3.05) is 27.5 Å². The third-order valence-electron chi connectivity index (χ3n) is 0.365. The summed E-state index contributed by atoms with van der Waals surface area (Å²) >= 11 is 4.64. The number of carboxylic acid groups (broad SMARTS) is 1. The molecule has 0 amide bonds. The van der Waals surface area contributed by atoms with E-state index in [0.29, 0.717) is 0 Å². The number of nitrogens with zero attached hydrogens (tertiary/aromatic N) is 1. The summed E-state index contributed by atoms with van der Waals surface area (Å²) in [5.74, 6) is -0.935. The molecule has 0 aromatic rings. The zero-order chi connectivity index (χ0) is 10.7. The fourth-order valence-electron chi connectivity index (χ4n) is 0.